The van der Waals surface area contributed by atoms with Gasteiger partial charge in [0.2, 0.25) is 0 Å². The van der Waals surface area contributed by atoms with Gasteiger partial charge in [-0.25, -0.2) is 4.98 Å². The molecule has 0 bridgehead atoms. The smallest absolute Gasteiger partial charge is 0.295 e. The van der Waals surface area contributed by atoms with E-state index in [1.165, 1.54) is 4.90 Å². The van der Waals surface area contributed by atoms with Crippen LogP contribution in [0.3, 0.4) is 0 Å². The minimum absolute atomic E-state index is 0.0580. The maximum atomic E-state index is 13.1. The summed E-state index contributed by atoms with van der Waals surface area (Å²) in [4.78, 5) is 31.8. The molecule has 8 heteroatoms. The van der Waals surface area contributed by atoms with Crippen molar-refractivity contribution in [2.75, 3.05) is 13.2 Å². The number of imidazole rings is 1. The fourth-order valence-corrected chi connectivity index (χ4v) is 4.18. The molecular formula is C26H26ClN3O4. The number of nitrogens with zero attached hydrogens (tertiary/aromatic N) is 3. The third-order valence-corrected chi connectivity index (χ3v) is 5.93. The number of amides is 1. The zero-order valence-corrected chi connectivity index (χ0v) is 19.6. The minimum atomic E-state index is -0.733. The van der Waals surface area contributed by atoms with Gasteiger partial charge >= 0.3 is 0 Å². The number of hydrogen-bond acceptors (Lipinski definition) is 5. The summed E-state index contributed by atoms with van der Waals surface area (Å²) in [5.74, 6) is -0.919. The number of aromatic nitrogens is 2. The van der Waals surface area contributed by atoms with Crippen molar-refractivity contribution in [2.24, 2.45) is 0 Å². The first-order valence-electron chi connectivity index (χ1n) is 11.2. The standard InChI is InChI=1S/C26H26ClN3O4/c1-2-15-34-21-6-3-5-19(16-21)23-22(24(31)18-7-9-20(27)10-8-18)25(32)26(33)30(23)13-4-12-29-14-11-28-17-29/h3,5-11,14,16-17,23,31H,2,4,12-13,15H2,1H3/t23-/m0/s1. The first-order chi connectivity index (χ1) is 16.5. The van der Waals surface area contributed by atoms with Crippen LogP contribution in [0.25, 0.3) is 5.76 Å². The van der Waals surface area contributed by atoms with E-state index in [1.54, 1.807) is 36.8 Å². The summed E-state index contributed by atoms with van der Waals surface area (Å²) in [5, 5.41) is 11.6. The second kappa shape index (κ2) is 10.6. The summed E-state index contributed by atoms with van der Waals surface area (Å²) < 4.78 is 7.69. The van der Waals surface area contributed by atoms with Crippen LogP contribution in [0.2, 0.25) is 5.02 Å². The Bertz CT molecular complexity index is 1190. The van der Waals surface area contributed by atoms with Crippen LogP contribution in [0, 0.1) is 0 Å². The summed E-state index contributed by atoms with van der Waals surface area (Å²) in [6, 6.07) is 13.1. The Morgan fingerprint density at radius 2 is 1.94 bits per heavy atom. The van der Waals surface area contributed by atoms with E-state index in [2.05, 4.69) is 4.98 Å². The number of hydrogen-bond donors (Lipinski definition) is 1. The van der Waals surface area contributed by atoms with Gasteiger partial charge in [-0.05, 0) is 54.8 Å². The molecule has 0 aliphatic carbocycles. The quantitative estimate of drug-likeness (QED) is 0.270. The van der Waals surface area contributed by atoms with Crippen molar-refractivity contribution in [1.82, 2.24) is 14.5 Å². The molecule has 34 heavy (non-hydrogen) atoms. The Morgan fingerprint density at radius 1 is 1.15 bits per heavy atom. The number of aliphatic hydroxyl groups excluding tert-OH is 1. The molecule has 176 valence electrons. The average molecular weight is 480 g/mol. The fourth-order valence-electron chi connectivity index (χ4n) is 4.06. The third-order valence-electron chi connectivity index (χ3n) is 5.68. The van der Waals surface area contributed by atoms with Gasteiger partial charge in [0.1, 0.15) is 11.5 Å². The molecule has 2 heterocycles. The predicted molar refractivity (Wildman–Crippen MR) is 130 cm³/mol. The third kappa shape index (κ3) is 4.99. The average Bonchev–Trinajstić information content (AvgIpc) is 3.45. The van der Waals surface area contributed by atoms with Crippen molar-refractivity contribution in [3.63, 3.8) is 0 Å². The van der Waals surface area contributed by atoms with Crippen molar-refractivity contribution in [3.05, 3.63) is 89.0 Å². The number of Topliss-reactive ketones (excluding diaryl/α,β-unsaturated/α-hetero) is 1. The minimum Gasteiger partial charge on any atom is -0.507 e. The number of benzene rings is 2. The normalized spacial score (nSPS) is 17.4. The number of carbonyl (C=O) groups excluding carboxylic acids is 2. The SMILES string of the molecule is CCCOc1cccc([C@H]2C(=C(O)c3ccc(Cl)cc3)C(=O)C(=O)N2CCCn2ccnc2)c1. The highest BCUT2D eigenvalue weighted by Gasteiger charge is 2.45. The van der Waals surface area contributed by atoms with Crippen molar-refractivity contribution in [3.8, 4) is 5.75 Å². The van der Waals surface area contributed by atoms with E-state index in [1.807, 2.05) is 42.0 Å². The maximum Gasteiger partial charge on any atom is 0.295 e. The van der Waals surface area contributed by atoms with Gasteiger partial charge in [-0.3, -0.25) is 9.59 Å². The Hall–Kier alpha value is -3.58. The number of aliphatic hydroxyl groups is 1. The molecule has 0 radical (unpaired) electrons. The molecule has 1 aliphatic heterocycles. The molecule has 1 saturated heterocycles. The Morgan fingerprint density at radius 3 is 2.65 bits per heavy atom. The first kappa shape index (κ1) is 23.6. The molecule has 1 N–H and O–H groups in total. The summed E-state index contributed by atoms with van der Waals surface area (Å²) in [6.07, 6.45) is 6.72. The molecule has 3 aromatic rings. The van der Waals surface area contributed by atoms with Gasteiger partial charge in [0, 0.05) is 36.1 Å². The van der Waals surface area contributed by atoms with Crippen molar-refractivity contribution in [2.45, 2.75) is 32.4 Å². The molecule has 1 amide bonds. The number of likely N-dealkylation sites (tertiary alicyclic amines) is 1. The van der Waals surface area contributed by atoms with Gasteiger partial charge in [0.15, 0.2) is 0 Å². The van der Waals surface area contributed by atoms with E-state index >= 15 is 0 Å². The van der Waals surface area contributed by atoms with Crippen LogP contribution in [-0.4, -0.2) is 44.4 Å². The van der Waals surface area contributed by atoms with Gasteiger partial charge < -0.3 is 19.3 Å². The number of rotatable bonds is 9. The summed E-state index contributed by atoms with van der Waals surface area (Å²) in [6.45, 7) is 3.56. The van der Waals surface area contributed by atoms with E-state index in [9.17, 15) is 14.7 Å². The molecule has 0 saturated carbocycles. The second-order valence-corrected chi connectivity index (χ2v) is 8.51. The molecule has 1 aromatic heterocycles. The van der Waals surface area contributed by atoms with Gasteiger partial charge in [0.25, 0.3) is 11.7 Å². The van der Waals surface area contributed by atoms with Gasteiger partial charge in [0.05, 0.1) is 24.5 Å². The molecule has 4 rings (SSSR count). The lowest BCUT2D eigenvalue weighted by atomic mass is 9.95. The lowest BCUT2D eigenvalue weighted by molar-refractivity contribution is -0.139. The van der Waals surface area contributed by atoms with Gasteiger partial charge in [-0.15, -0.1) is 0 Å². The molecule has 1 fully saturated rings. The zero-order valence-electron chi connectivity index (χ0n) is 18.9. The highest BCUT2D eigenvalue weighted by atomic mass is 35.5. The molecule has 7 nitrogen and oxygen atoms in total. The van der Waals surface area contributed by atoms with Crippen molar-refractivity contribution >= 4 is 29.1 Å². The topological polar surface area (TPSA) is 84.7 Å². The monoisotopic (exact) mass is 479 g/mol. The summed E-state index contributed by atoms with van der Waals surface area (Å²) in [7, 11) is 0. The predicted octanol–water partition coefficient (Wildman–Crippen LogP) is 4.84. The highest BCUT2D eigenvalue weighted by Crippen LogP contribution is 2.40. The lowest BCUT2D eigenvalue weighted by Crippen LogP contribution is -2.31. The van der Waals surface area contributed by atoms with Crippen LogP contribution in [0.5, 0.6) is 5.75 Å². The van der Waals surface area contributed by atoms with Crippen LogP contribution in [0.1, 0.15) is 36.9 Å². The number of aryl methyl sites for hydroxylation is 1. The Labute approximate surface area is 203 Å². The summed E-state index contributed by atoms with van der Waals surface area (Å²) in [5.41, 5.74) is 1.18. The van der Waals surface area contributed by atoms with Gasteiger partial charge in [-0.2, -0.15) is 0 Å². The second-order valence-electron chi connectivity index (χ2n) is 8.07. The highest BCUT2D eigenvalue weighted by molar-refractivity contribution is 6.46. The van der Waals surface area contributed by atoms with Crippen molar-refractivity contribution in [1.29, 1.82) is 0 Å². The zero-order chi connectivity index (χ0) is 24.1. The van der Waals surface area contributed by atoms with Crippen LogP contribution in [-0.2, 0) is 16.1 Å². The Balaban J connectivity index is 1.73. The van der Waals surface area contributed by atoms with E-state index in [4.69, 9.17) is 16.3 Å². The molecule has 2 aromatic carbocycles. The van der Waals surface area contributed by atoms with E-state index in [-0.39, 0.29) is 11.3 Å². The lowest BCUT2D eigenvalue weighted by Gasteiger charge is -2.25. The van der Waals surface area contributed by atoms with Crippen LogP contribution < -0.4 is 4.74 Å². The number of halogens is 1. The molecule has 1 aliphatic rings. The maximum absolute atomic E-state index is 13.1. The van der Waals surface area contributed by atoms with Crippen LogP contribution >= 0.6 is 11.6 Å². The summed E-state index contributed by atoms with van der Waals surface area (Å²) >= 11 is 5.99. The van der Waals surface area contributed by atoms with E-state index in [0.29, 0.717) is 48.0 Å². The number of ether oxygens (including phenoxy) is 1. The Kier molecular flexibility index (Phi) is 7.33. The molecule has 1 atom stereocenters. The fraction of sp³-hybridized carbons (Fsp3) is 0.269. The first-order valence-corrected chi connectivity index (χ1v) is 11.6. The van der Waals surface area contributed by atoms with E-state index < -0.39 is 17.7 Å². The van der Waals surface area contributed by atoms with Crippen LogP contribution in [0.4, 0.5) is 0 Å². The largest absolute Gasteiger partial charge is 0.507 e. The van der Waals surface area contributed by atoms with Crippen molar-refractivity contribution < 1.29 is 19.4 Å². The van der Waals surface area contributed by atoms with Gasteiger partial charge in [-0.1, -0.05) is 30.7 Å². The number of carbonyl (C=O) groups is 2. The molecule has 0 spiro atoms. The van der Waals surface area contributed by atoms with Crippen LogP contribution in [0.15, 0.2) is 72.8 Å². The number of ketones is 1. The molecular weight excluding hydrogens is 454 g/mol. The molecule has 0 unspecified atom stereocenters. The van der Waals surface area contributed by atoms with E-state index in [0.717, 1.165) is 6.42 Å².